The van der Waals surface area contributed by atoms with Crippen molar-refractivity contribution in [2.24, 2.45) is 0 Å². The Balaban J connectivity index is 1.53. The number of benzene rings is 1. The molecule has 2 heterocycles. The second-order valence-corrected chi connectivity index (χ2v) is 5.83. The van der Waals surface area contributed by atoms with Crippen molar-refractivity contribution in [3.05, 3.63) is 52.5 Å². The maximum atomic E-state index is 12.0. The number of aromatic nitrogens is 2. The van der Waals surface area contributed by atoms with E-state index in [0.717, 1.165) is 16.9 Å². The molecule has 3 rings (SSSR count). The van der Waals surface area contributed by atoms with E-state index in [9.17, 15) is 4.79 Å². The zero-order valence-corrected chi connectivity index (χ0v) is 14.0. The minimum atomic E-state index is -0.169. The first-order valence-electron chi connectivity index (χ1n) is 7.58. The Morgan fingerprint density at radius 1 is 1.33 bits per heavy atom. The van der Waals surface area contributed by atoms with Crippen LogP contribution in [0.25, 0.3) is 11.5 Å². The van der Waals surface area contributed by atoms with Gasteiger partial charge in [0.25, 0.3) is 0 Å². The number of thiophene rings is 1. The summed E-state index contributed by atoms with van der Waals surface area (Å²) in [4.78, 5) is 12.0. The van der Waals surface area contributed by atoms with Crippen molar-refractivity contribution >= 4 is 17.2 Å². The lowest BCUT2D eigenvalue weighted by Gasteiger charge is -2.07. The molecular formula is C17H17N3O3S. The van der Waals surface area contributed by atoms with E-state index in [1.165, 1.54) is 0 Å². The molecule has 0 saturated carbocycles. The van der Waals surface area contributed by atoms with Crippen LogP contribution in [-0.2, 0) is 17.8 Å². The van der Waals surface area contributed by atoms with Crippen molar-refractivity contribution in [1.29, 1.82) is 0 Å². The lowest BCUT2D eigenvalue weighted by Crippen LogP contribution is -2.24. The van der Waals surface area contributed by atoms with Gasteiger partial charge < -0.3 is 14.5 Å². The van der Waals surface area contributed by atoms with Crippen LogP contribution in [0.2, 0.25) is 0 Å². The fourth-order valence-electron chi connectivity index (χ4n) is 2.14. The van der Waals surface area contributed by atoms with Crippen LogP contribution in [0.1, 0.15) is 18.4 Å². The highest BCUT2D eigenvalue weighted by molar-refractivity contribution is 7.08. The molecule has 0 spiro atoms. The summed E-state index contributed by atoms with van der Waals surface area (Å²) < 4.78 is 10.9. The number of nitrogens with zero attached hydrogens (tertiary/aromatic N) is 2. The molecule has 0 aliphatic rings. The zero-order valence-electron chi connectivity index (χ0n) is 13.2. The molecule has 7 heteroatoms. The van der Waals surface area contributed by atoms with Crippen LogP contribution in [0.3, 0.4) is 0 Å². The molecule has 1 N–H and O–H groups in total. The fraction of sp³-hybridized carbons (Fsp3) is 0.235. The molecule has 24 heavy (non-hydrogen) atoms. The van der Waals surface area contributed by atoms with E-state index < -0.39 is 0 Å². The average Bonchev–Trinajstić information content (AvgIpc) is 3.25. The van der Waals surface area contributed by atoms with Gasteiger partial charge in [0.1, 0.15) is 12.2 Å². The topological polar surface area (TPSA) is 77.2 Å². The smallest absolute Gasteiger partial charge is 0.248 e. The number of ether oxygens (including phenoxy) is 1. The summed E-state index contributed by atoms with van der Waals surface area (Å²) >= 11 is 1.55. The number of carbonyl (C=O) groups is 1. The van der Waals surface area contributed by atoms with E-state index >= 15 is 0 Å². The summed E-state index contributed by atoms with van der Waals surface area (Å²) in [6.07, 6.45) is 0.0578. The summed E-state index contributed by atoms with van der Waals surface area (Å²) in [5.74, 6) is 1.36. The normalized spacial score (nSPS) is 10.5. The van der Waals surface area contributed by atoms with Gasteiger partial charge in [-0.1, -0.05) is 12.1 Å². The highest BCUT2D eigenvalue weighted by Crippen LogP contribution is 2.20. The van der Waals surface area contributed by atoms with Crippen LogP contribution in [0.15, 0.2) is 45.5 Å². The molecular weight excluding hydrogens is 326 g/mol. The van der Waals surface area contributed by atoms with Gasteiger partial charge in [-0.05, 0) is 36.1 Å². The predicted octanol–water partition coefficient (Wildman–Crippen LogP) is 3.06. The summed E-state index contributed by atoms with van der Waals surface area (Å²) in [6, 6.07) is 9.53. The SMILES string of the molecule is CCOc1cccc(CNC(=O)Cc2nnc(-c3ccsc3)o2)c1. The first-order chi connectivity index (χ1) is 11.7. The highest BCUT2D eigenvalue weighted by atomic mass is 32.1. The van der Waals surface area contributed by atoms with Crippen LogP contribution in [0, 0.1) is 0 Å². The molecule has 6 nitrogen and oxygen atoms in total. The third-order valence-corrected chi connectivity index (χ3v) is 3.93. The lowest BCUT2D eigenvalue weighted by atomic mass is 10.2. The molecule has 3 aromatic rings. The fourth-order valence-corrected chi connectivity index (χ4v) is 2.77. The Morgan fingerprint density at radius 2 is 2.25 bits per heavy atom. The van der Waals surface area contributed by atoms with Gasteiger partial charge in [0, 0.05) is 17.5 Å². The Bertz CT molecular complexity index is 799. The molecule has 124 valence electrons. The van der Waals surface area contributed by atoms with Gasteiger partial charge in [-0.25, -0.2) is 0 Å². The van der Waals surface area contributed by atoms with Gasteiger partial charge in [0.2, 0.25) is 17.7 Å². The van der Waals surface area contributed by atoms with E-state index in [0.29, 0.717) is 24.9 Å². The number of nitrogens with one attached hydrogen (secondary N) is 1. The zero-order chi connectivity index (χ0) is 16.8. The Kier molecular flexibility index (Phi) is 5.22. The third-order valence-electron chi connectivity index (χ3n) is 3.25. The van der Waals surface area contributed by atoms with E-state index in [-0.39, 0.29) is 12.3 Å². The molecule has 1 aromatic carbocycles. The maximum Gasteiger partial charge on any atom is 0.248 e. The standard InChI is InChI=1S/C17H17N3O3S/c1-2-22-14-5-3-4-12(8-14)10-18-15(21)9-16-19-20-17(23-16)13-6-7-24-11-13/h3-8,11H,2,9-10H2,1H3,(H,18,21). The van der Waals surface area contributed by atoms with Crippen molar-refractivity contribution in [1.82, 2.24) is 15.5 Å². The first-order valence-corrected chi connectivity index (χ1v) is 8.52. The largest absolute Gasteiger partial charge is 0.494 e. The van der Waals surface area contributed by atoms with Gasteiger partial charge in [-0.3, -0.25) is 4.79 Å². The Labute approximate surface area is 143 Å². The number of rotatable bonds is 7. The second kappa shape index (κ2) is 7.74. The lowest BCUT2D eigenvalue weighted by molar-refractivity contribution is -0.120. The van der Waals surface area contributed by atoms with Crippen molar-refractivity contribution < 1.29 is 13.9 Å². The molecule has 0 fully saturated rings. The number of carbonyl (C=O) groups excluding carboxylic acids is 1. The van der Waals surface area contributed by atoms with Crippen molar-refractivity contribution in [3.8, 4) is 17.2 Å². The predicted molar refractivity (Wildman–Crippen MR) is 90.8 cm³/mol. The maximum absolute atomic E-state index is 12.0. The molecule has 0 aliphatic heterocycles. The minimum Gasteiger partial charge on any atom is -0.494 e. The molecule has 0 saturated heterocycles. The molecule has 1 amide bonds. The van der Waals surface area contributed by atoms with Crippen LogP contribution in [0.4, 0.5) is 0 Å². The second-order valence-electron chi connectivity index (χ2n) is 5.05. The summed E-state index contributed by atoms with van der Waals surface area (Å²) in [6.45, 7) is 2.97. The van der Waals surface area contributed by atoms with Crippen molar-refractivity contribution in [2.75, 3.05) is 6.61 Å². The van der Waals surface area contributed by atoms with Gasteiger partial charge in [-0.15, -0.1) is 10.2 Å². The van der Waals surface area contributed by atoms with E-state index in [1.807, 2.05) is 48.0 Å². The van der Waals surface area contributed by atoms with E-state index in [1.54, 1.807) is 11.3 Å². The van der Waals surface area contributed by atoms with Gasteiger partial charge in [-0.2, -0.15) is 11.3 Å². The summed E-state index contributed by atoms with van der Waals surface area (Å²) in [7, 11) is 0. The number of amides is 1. The molecule has 0 aliphatic carbocycles. The van der Waals surface area contributed by atoms with Gasteiger partial charge in [0.05, 0.1) is 6.61 Å². The van der Waals surface area contributed by atoms with Crippen LogP contribution in [-0.4, -0.2) is 22.7 Å². The quantitative estimate of drug-likeness (QED) is 0.713. The molecule has 0 radical (unpaired) electrons. The molecule has 2 aromatic heterocycles. The minimum absolute atomic E-state index is 0.0578. The molecule has 0 unspecified atom stereocenters. The summed E-state index contributed by atoms with van der Waals surface area (Å²) in [5, 5.41) is 14.6. The molecule has 0 bridgehead atoms. The molecule has 0 atom stereocenters. The first kappa shape index (κ1) is 16.2. The van der Waals surface area contributed by atoms with Crippen LogP contribution < -0.4 is 10.1 Å². The average molecular weight is 343 g/mol. The van der Waals surface area contributed by atoms with Gasteiger partial charge in [0.15, 0.2) is 0 Å². The van der Waals surface area contributed by atoms with Gasteiger partial charge >= 0.3 is 0 Å². The number of hydrogen-bond donors (Lipinski definition) is 1. The van der Waals surface area contributed by atoms with Crippen molar-refractivity contribution in [3.63, 3.8) is 0 Å². The Hall–Kier alpha value is -2.67. The number of hydrogen-bond acceptors (Lipinski definition) is 6. The van der Waals surface area contributed by atoms with Crippen LogP contribution in [0.5, 0.6) is 5.75 Å². The summed E-state index contributed by atoms with van der Waals surface area (Å²) in [5.41, 5.74) is 1.84. The van der Waals surface area contributed by atoms with E-state index in [4.69, 9.17) is 9.15 Å². The van der Waals surface area contributed by atoms with E-state index in [2.05, 4.69) is 15.5 Å². The van der Waals surface area contributed by atoms with Crippen LogP contribution >= 0.6 is 11.3 Å². The Morgan fingerprint density at radius 3 is 3.04 bits per heavy atom. The monoisotopic (exact) mass is 343 g/mol. The third kappa shape index (κ3) is 4.20. The highest BCUT2D eigenvalue weighted by Gasteiger charge is 2.12. The van der Waals surface area contributed by atoms with Crippen molar-refractivity contribution in [2.45, 2.75) is 19.9 Å².